The van der Waals surface area contributed by atoms with Gasteiger partial charge in [-0.1, -0.05) is 11.6 Å². The van der Waals surface area contributed by atoms with E-state index in [0.29, 0.717) is 10.6 Å². The Bertz CT molecular complexity index is 465. The Labute approximate surface area is 109 Å². The molecular weight excluding hydrogens is 258 g/mol. The standard InChI is InChI=1S/C11H14ClN3O3/c1-7(11(16)13-2)14-6-8-5-9(12)3-4-10(8)15(17)18/h3-5,7,14H,6H2,1-2H3,(H,13,16). The second kappa shape index (κ2) is 6.32. The molecule has 6 nitrogen and oxygen atoms in total. The van der Waals surface area contributed by atoms with Crippen LogP contribution in [0.15, 0.2) is 18.2 Å². The third kappa shape index (κ3) is 3.68. The van der Waals surface area contributed by atoms with Gasteiger partial charge in [0.15, 0.2) is 0 Å². The van der Waals surface area contributed by atoms with Crippen molar-refractivity contribution in [3.8, 4) is 0 Å². The number of hydrogen-bond donors (Lipinski definition) is 2. The average Bonchev–Trinajstić information content (AvgIpc) is 2.34. The van der Waals surface area contributed by atoms with E-state index in [1.54, 1.807) is 6.92 Å². The van der Waals surface area contributed by atoms with Crippen LogP contribution in [0.5, 0.6) is 0 Å². The Hall–Kier alpha value is -1.66. The monoisotopic (exact) mass is 271 g/mol. The van der Waals surface area contributed by atoms with Crippen molar-refractivity contribution in [3.05, 3.63) is 38.9 Å². The normalized spacial score (nSPS) is 11.9. The third-order valence-electron chi connectivity index (χ3n) is 2.48. The molecule has 1 rings (SSSR count). The van der Waals surface area contributed by atoms with Gasteiger partial charge in [0.05, 0.1) is 11.0 Å². The highest BCUT2D eigenvalue weighted by Crippen LogP contribution is 2.22. The van der Waals surface area contributed by atoms with Crippen LogP contribution in [-0.2, 0) is 11.3 Å². The molecule has 1 unspecified atom stereocenters. The highest BCUT2D eigenvalue weighted by atomic mass is 35.5. The van der Waals surface area contributed by atoms with E-state index in [1.807, 2.05) is 0 Å². The highest BCUT2D eigenvalue weighted by molar-refractivity contribution is 6.30. The van der Waals surface area contributed by atoms with E-state index in [1.165, 1.54) is 25.2 Å². The first kappa shape index (κ1) is 14.4. The maximum absolute atomic E-state index is 11.3. The number of rotatable bonds is 5. The van der Waals surface area contributed by atoms with Gasteiger partial charge in [0.1, 0.15) is 0 Å². The third-order valence-corrected chi connectivity index (χ3v) is 2.71. The number of hydrogen-bond acceptors (Lipinski definition) is 4. The number of carbonyl (C=O) groups is 1. The molecule has 1 aromatic carbocycles. The lowest BCUT2D eigenvalue weighted by atomic mass is 10.1. The lowest BCUT2D eigenvalue weighted by molar-refractivity contribution is -0.385. The van der Waals surface area contributed by atoms with Gasteiger partial charge in [-0.15, -0.1) is 0 Å². The van der Waals surface area contributed by atoms with Crippen LogP contribution in [0.1, 0.15) is 12.5 Å². The zero-order valence-corrected chi connectivity index (χ0v) is 10.8. The van der Waals surface area contributed by atoms with Crippen molar-refractivity contribution < 1.29 is 9.72 Å². The molecule has 1 aromatic rings. The number of benzene rings is 1. The highest BCUT2D eigenvalue weighted by Gasteiger charge is 2.16. The summed E-state index contributed by atoms with van der Waals surface area (Å²) in [5.41, 5.74) is 0.430. The molecule has 0 saturated heterocycles. The molecule has 0 heterocycles. The van der Waals surface area contributed by atoms with Crippen LogP contribution in [0.25, 0.3) is 0 Å². The molecule has 0 aliphatic carbocycles. The van der Waals surface area contributed by atoms with Gasteiger partial charge in [-0.3, -0.25) is 14.9 Å². The van der Waals surface area contributed by atoms with Crippen molar-refractivity contribution in [2.75, 3.05) is 7.05 Å². The molecule has 0 aromatic heterocycles. The predicted molar refractivity (Wildman–Crippen MR) is 68.5 cm³/mol. The van der Waals surface area contributed by atoms with Gasteiger partial charge in [0.2, 0.25) is 5.91 Å². The first-order valence-corrected chi connectivity index (χ1v) is 5.71. The van der Waals surface area contributed by atoms with Crippen molar-refractivity contribution in [1.29, 1.82) is 0 Å². The lowest BCUT2D eigenvalue weighted by Crippen LogP contribution is -2.40. The minimum atomic E-state index is -0.474. The fraction of sp³-hybridized carbons (Fsp3) is 0.364. The summed E-state index contributed by atoms with van der Waals surface area (Å²) in [7, 11) is 1.53. The molecule has 0 aliphatic rings. The molecular formula is C11H14ClN3O3. The lowest BCUT2D eigenvalue weighted by Gasteiger charge is -2.12. The molecule has 0 aliphatic heterocycles. The van der Waals surface area contributed by atoms with Gasteiger partial charge in [-0.2, -0.15) is 0 Å². The van der Waals surface area contributed by atoms with E-state index in [4.69, 9.17) is 11.6 Å². The average molecular weight is 272 g/mol. The molecule has 98 valence electrons. The number of halogens is 1. The zero-order chi connectivity index (χ0) is 13.7. The van der Waals surface area contributed by atoms with E-state index in [-0.39, 0.29) is 18.1 Å². The van der Waals surface area contributed by atoms with E-state index in [9.17, 15) is 14.9 Å². The second-order valence-electron chi connectivity index (χ2n) is 3.75. The van der Waals surface area contributed by atoms with Gasteiger partial charge in [0.25, 0.3) is 5.69 Å². The molecule has 0 saturated carbocycles. The Morgan fingerprint density at radius 2 is 2.22 bits per heavy atom. The van der Waals surface area contributed by atoms with Crippen LogP contribution >= 0.6 is 11.6 Å². The molecule has 0 spiro atoms. The number of nitro groups is 1. The van der Waals surface area contributed by atoms with Gasteiger partial charge >= 0.3 is 0 Å². The predicted octanol–water partition coefficient (Wildman–Crippen LogP) is 1.47. The molecule has 18 heavy (non-hydrogen) atoms. The maximum Gasteiger partial charge on any atom is 0.273 e. The van der Waals surface area contributed by atoms with Crippen LogP contribution in [0.2, 0.25) is 5.02 Å². The van der Waals surface area contributed by atoms with Gasteiger partial charge < -0.3 is 10.6 Å². The molecule has 0 radical (unpaired) electrons. The van der Waals surface area contributed by atoms with Crippen molar-refractivity contribution in [2.24, 2.45) is 0 Å². The van der Waals surface area contributed by atoms with Gasteiger partial charge in [0, 0.05) is 30.2 Å². The molecule has 7 heteroatoms. The number of nitro benzene ring substituents is 1. The summed E-state index contributed by atoms with van der Waals surface area (Å²) in [4.78, 5) is 21.6. The van der Waals surface area contributed by atoms with Gasteiger partial charge in [-0.05, 0) is 19.1 Å². The molecule has 0 bridgehead atoms. The minimum Gasteiger partial charge on any atom is -0.358 e. The smallest absolute Gasteiger partial charge is 0.273 e. The Kier molecular flexibility index (Phi) is 5.06. The molecule has 1 atom stereocenters. The summed E-state index contributed by atoms with van der Waals surface area (Å²) in [6.45, 7) is 1.88. The summed E-state index contributed by atoms with van der Waals surface area (Å²) < 4.78 is 0. The van der Waals surface area contributed by atoms with Crippen LogP contribution < -0.4 is 10.6 Å². The first-order chi connectivity index (χ1) is 8.45. The Morgan fingerprint density at radius 1 is 1.56 bits per heavy atom. The van der Waals surface area contributed by atoms with Crippen molar-refractivity contribution in [2.45, 2.75) is 19.5 Å². The number of amides is 1. The molecule has 1 amide bonds. The number of carbonyl (C=O) groups excluding carboxylic acids is 1. The zero-order valence-electron chi connectivity index (χ0n) is 10.1. The number of nitrogens with one attached hydrogen (secondary N) is 2. The van der Waals surface area contributed by atoms with Crippen LogP contribution in [-0.4, -0.2) is 23.9 Å². The van der Waals surface area contributed by atoms with Crippen molar-refractivity contribution in [1.82, 2.24) is 10.6 Å². The number of nitrogens with zero attached hydrogens (tertiary/aromatic N) is 1. The second-order valence-corrected chi connectivity index (χ2v) is 4.18. The van der Waals surface area contributed by atoms with E-state index in [0.717, 1.165) is 0 Å². The number of likely N-dealkylation sites (N-methyl/N-ethyl adjacent to an activating group) is 1. The van der Waals surface area contributed by atoms with Crippen LogP contribution in [0.4, 0.5) is 5.69 Å². The summed E-state index contributed by atoms with van der Waals surface area (Å²) in [6, 6.07) is 3.90. The fourth-order valence-electron chi connectivity index (χ4n) is 1.45. The maximum atomic E-state index is 11.3. The summed E-state index contributed by atoms with van der Waals surface area (Å²) in [6.07, 6.45) is 0. The summed E-state index contributed by atoms with van der Waals surface area (Å²) >= 11 is 5.80. The Morgan fingerprint density at radius 3 is 2.78 bits per heavy atom. The van der Waals surface area contributed by atoms with E-state index < -0.39 is 11.0 Å². The van der Waals surface area contributed by atoms with Crippen LogP contribution in [0, 0.1) is 10.1 Å². The van der Waals surface area contributed by atoms with Gasteiger partial charge in [-0.25, -0.2) is 0 Å². The van der Waals surface area contributed by atoms with E-state index in [2.05, 4.69) is 10.6 Å². The van der Waals surface area contributed by atoms with Crippen molar-refractivity contribution in [3.63, 3.8) is 0 Å². The van der Waals surface area contributed by atoms with E-state index >= 15 is 0 Å². The largest absolute Gasteiger partial charge is 0.358 e. The molecule has 0 fully saturated rings. The molecule has 2 N–H and O–H groups in total. The minimum absolute atomic E-state index is 0.0176. The van der Waals surface area contributed by atoms with Crippen molar-refractivity contribution >= 4 is 23.2 Å². The summed E-state index contributed by atoms with van der Waals surface area (Å²) in [5, 5.41) is 16.6. The fourth-order valence-corrected chi connectivity index (χ4v) is 1.64. The quantitative estimate of drug-likeness (QED) is 0.627. The Balaban J connectivity index is 2.80. The SMILES string of the molecule is CNC(=O)C(C)NCc1cc(Cl)ccc1[N+](=O)[O-]. The van der Waals surface area contributed by atoms with Crippen LogP contribution in [0.3, 0.4) is 0 Å². The first-order valence-electron chi connectivity index (χ1n) is 5.33. The topological polar surface area (TPSA) is 84.3 Å². The summed E-state index contributed by atoms with van der Waals surface area (Å²) in [5.74, 6) is -0.181.